The molecule has 0 saturated heterocycles. The fraction of sp³-hybridized carbons (Fsp3) is 0.474. The van der Waals surface area contributed by atoms with Crippen LogP contribution < -0.4 is 9.47 Å². The number of benzene rings is 1. The lowest BCUT2D eigenvalue weighted by Gasteiger charge is -2.21. The van der Waals surface area contributed by atoms with E-state index in [-0.39, 0.29) is 0 Å². The van der Waals surface area contributed by atoms with E-state index in [0.29, 0.717) is 37.6 Å². The number of nitrogens with zero attached hydrogens (tertiary/aromatic N) is 3. The summed E-state index contributed by atoms with van der Waals surface area (Å²) < 4.78 is 18.6. The predicted octanol–water partition coefficient (Wildman–Crippen LogP) is 2.86. The van der Waals surface area contributed by atoms with Gasteiger partial charge in [-0.05, 0) is 36.8 Å². The van der Waals surface area contributed by atoms with Crippen LogP contribution >= 0.6 is 0 Å². The Kier molecular flexibility index (Phi) is 3.52. The summed E-state index contributed by atoms with van der Waals surface area (Å²) in [4.78, 5) is 4.81. The topological polar surface area (TPSA) is 58.4 Å². The Labute approximate surface area is 146 Å². The quantitative estimate of drug-likeness (QED) is 0.802. The second kappa shape index (κ2) is 5.88. The molecule has 2 aromatic rings. The second-order valence-corrected chi connectivity index (χ2v) is 6.95. The lowest BCUT2D eigenvalue weighted by Crippen LogP contribution is -2.16. The molecule has 130 valence electrons. The lowest BCUT2D eigenvalue weighted by molar-refractivity contribution is 0.171. The molecular weight excluding hydrogens is 318 g/mol. The van der Waals surface area contributed by atoms with Gasteiger partial charge in [-0.15, -0.1) is 5.10 Å². The van der Waals surface area contributed by atoms with Crippen LogP contribution in [0.5, 0.6) is 11.5 Å². The van der Waals surface area contributed by atoms with Gasteiger partial charge in [0.25, 0.3) is 0 Å². The van der Waals surface area contributed by atoms with E-state index in [1.807, 2.05) is 22.9 Å². The van der Waals surface area contributed by atoms with Crippen molar-refractivity contribution in [2.45, 2.75) is 25.4 Å². The maximum absolute atomic E-state index is 5.73. The number of allylic oxidation sites excluding steroid dienone is 2. The zero-order chi connectivity index (χ0) is 16.8. The summed E-state index contributed by atoms with van der Waals surface area (Å²) in [6, 6.07) is 5.96. The van der Waals surface area contributed by atoms with Crippen molar-refractivity contribution in [2.24, 2.45) is 11.8 Å². The maximum Gasteiger partial charge on any atom is 0.176 e. The molecule has 0 radical (unpaired) electrons. The van der Waals surface area contributed by atoms with Gasteiger partial charge in [0.05, 0.1) is 5.69 Å². The van der Waals surface area contributed by atoms with E-state index < -0.39 is 0 Å². The summed E-state index contributed by atoms with van der Waals surface area (Å²) >= 11 is 0. The molecule has 1 aromatic heterocycles. The monoisotopic (exact) mass is 339 g/mol. The van der Waals surface area contributed by atoms with Gasteiger partial charge in [0.15, 0.2) is 17.3 Å². The van der Waals surface area contributed by atoms with Gasteiger partial charge in [-0.25, -0.2) is 9.67 Å². The summed E-state index contributed by atoms with van der Waals surface area (Å²) in [6.07, 6.45) is 7.08. The van der Waals surface area contributed by atoms with Crippen LogP contribution in [0.2, 0.25) is 0 Å². The third kappa shape index (κ3) is 2.52. The number of rotatable bonds is 4. The summed E-state index contributed by atoms with van der Waals surface area (Å²) in [5, 5.41) is 4.71. The van der Waals surface area contributed by atoms with Gasteiger partial charge in [0, 0.05) is 19.1 Å². The molecule has 3 atom stereocenters. The average Bonchev–Trinajstić information content (AvgIpc) is 3.36. The van der Waals surface area contributed by atoms with E-state index in [0.717, 1.165) is 35.3 Å². The number of hydrogen-bond donors (Lipinski definition) is 0. The summed E-state index contributed by atoms with van der Waals surface area (Å²) in [5.41, 5.74) is 0.959. The molecule has 0 unspecified atom stereocenters. The Morgan fingerprint density at radius 3 is 2.80 bits per heavy atom. The van der Waals surface area contributed by atoms with E-state index in [9.17, 15) is 0 Å². The van der Waals surface area contributed by atoms with Crippen molar-refractivity contribution in [3.05, 3.63) is 42.0 Å². The molecule has 1 aromatic carbocycles. The van der Waals surface area contributed by atoms with Crippen LogP contribution in [0.3, 0.4) is 0 Å². The standard InChI is InChI=1S/C19H21N3O3/c1-23-11-18-20-19(15-9-12-2-3-13(15)8-12)22(21-18)14-4-5-16-17(10-14)25-7-6-24-16/h2-5,10,12-13,15H,6-9,11H2,1H3/t12-,13+,15-/m1/s1. The Morgan fingerprint density at radius 1 is 1.16 bits per heavy atom. The zero-order valence-electron chi connectivity index (χ0n) is 14.2. The molecule has 6 nitrogen and oxygen atoms in total. The molecule has 25 heavy (non-hydrogen) atoms. The van der Waals surface area contributed by atoms with E-state index >= 15 is 0 Å². The summed E-state index contributed by atoms with van der Waals surface area (Å²) in [7, 11) is 1.67. The Hall–Kier alpha value is -2.34. The van der Waals surface area contributed by atoms with Crippen molar-refractivity contribution < 1.29 is 14.2 Å². The number of hydrogen-bond acceptors (Lipinski definition) is 5. The van der Waals surface area contributed by atoms with Crippen LogP contribution in [0, 0.1) is 11.8 Å². The maximum atomic E-state index is 5.73. The van der Waals surface area contributed by atoms with Crippen LogP contribution in [0.1, 0.15) is 30.4 Å². The minimum Gasteiger partial charge on any atom is -0.486 e. The van der Waals surface area contributed by atoms with Crippen molar-refractivity contribution in [1.82, 2.24) is 14.8 Å². The molecule has 1 fully saturated rings. The van der Waals surface area contributed by atoms with Crippen LogP contribution in [0.4, 0.5) is 0 Å². The number of fused-ring (bicyclic) bond motifs is 3. The third-order valence-electron chi connectivity index (χ3n) is 5.33. The van der Waals surface area contributed by atoms with Crippen LogP contribution in [0.25, 0.3) is 5.69 Å². The molecule has 2 aliphatic carbocycles. The van der Waals surface area contributed by atoms with Gasteiger partial charge >= 0.3 is 0 Å². The van der Waals surface area contributed by atoms with Crippen molar-refractivity contribution in [3.8, 4) is 17.2 Å². The highest BCUT2D eigenvalue weighted by Gasteiger charge is 2.39. The van der Waals surface area contributed by atoms with Crippen molar-refractivity contribution in [1.29, 1.82) is 0 Å². The Balaban J connectivity index is 1.56. The molecular formula is C19H21N3O3. The smallest absolute Gasteiger partial charge is 0.176 e. The Bertz CT molecular complexity index is 829. The Morgan fingerprint density at radius 2 is 2.04 bits per heavy atom. The van der Waals surface area contributed by atoms with Crippen LogP contribution in [-0.4, -0.2) is 35.1 Å². The summed E-state index contributed by atoms with van der Waals surface area (Å²) in [6.45, 7) is 1.59. The van der Waals surface area contributed by atoms with Crippen molar-refractivity contribution >= 4 is 0 Å². The highest BCUT2D eigenvalue weighted by Crippen LogP contribution is 2.48. The first-order valence-corrected chi connectivity index (χ1v) is 8.85. The average molecular weight is 339 g/mol. The van der Waals surface area contributed by atoms with Gasteiger partial charge in [-0.2, -0.15) is 0 Å². The molecule has 0 N–H and O–H groups in total. The van der Waals surface area contributed by atoms with Gasteiger partial charge in [-0.1, -0.05) is 12.2 Å². The predicted molar refractivity (Wildman–Crippen MR) is 91.2 cm³/mol. The largest absolute Gasteiger partial charge is 0.486 e. The summed E-state index contributed by atoms with van der Waals surface area (Å²) in [5.74, 6) is 4.98. The highest BCUT2D eigenvalue weighted by molar-refractivity contribution is 5.49. The minimum absolute atomic E-state index is 0.418. The van der Waals surface area contributed by atoms with Crippen molar-refractivity contribution in [2.75, 3.05) is 20.3 Å². The molecule has 5 rings (SSSR count). The SMILES string of the molecule is COCc1nc([C@@H]2C[C@@H]3C=C[C@H]2C3)n(-c2ccc3c(c2)OCCO3)n1. The second-order valence-electron chi connectivity index (χ2n) is 6.95. The van der Waals surface area contributed by atoms with E-state index in [1.54, 1.807) is 7.11 Å². The van der Waals surface area contributed by atoms with Gasteiger partial charge < -0.3 is 14.2 Å². The minimum atomic E-state index is 0.418. The van der Waals surface area contributed by atoms with Gasteiger partial charge in [0.2, 0.25) is 0 Å². The van der Waals surface area contributed by atoms with Crippen LogP contribution in [0.15, 0.2) is 30.4 Å². The molecule has 6 heteroatoms. The molecule has 3 aliphatic rings. The van der Waals surface area contributed by atoms with Crippen molar-refractivity contribution in [3.63, 3.8) is 0 Å². The van der Waals surface area contributed by atoms with E-state index in [4.69, 9.17) is 24.3 Å². The lowest BCUT2D eigenvalue weighted by atomic mass is 9.93. The van der Waals surface area contributed by atoms with E-state index in [1.165, 1.54) is 6.42 Å². The first-order chi connectivity index (χ1) is 12.3. The van der Waals surface area contributed by atoms with Gasteiger partial charge in [-0.3, -0.25) is 0 Å². The molecule has 1 saturated carbocycles. The molecule has 0 amide bonds. The third-order valence-corrected chi connectivity index (χ3v) is 5.33. The molecule has 2 heterocycles. The van der Waals surface area contributed by atoms with Crippen LogP contribution in [-0.2, 0) is 11.3 Å². The first kappa shape index (κ1) is 15.0. The number of ether oxygens (including phenoxy) is 3. The van der Waals surface area contributed by atoms with E-state index in [2.05, 4.69) is 12.2 Å². The normalized spacial score (nSPS) is 26.4. The molecule has 2 bridgehead atoms. The fourth-order valence-electron chi connectivity index (χ4n) is 4.23. The zero-order valence-corrected chi connectivity index (χ0v) is 14.2. The number of aromatic nitrogens is 3. The highest BCUT2D eigenvalue weighted by atomic mass is 16.6. The fourth-order valence-corrected chi connectivity index (χ4v) is 4.23. The van der Waals surface area contributed by atoms with Gasteiger partial charge in [0.1, 0.15) is 25.6 Å². The first-order valence-electron chi connectivity index (χ1n) is 8.85. The number of methoxy groups -OCH3 is 1. The molecule has 0 spiro atoms. The molecule has 1 aliphatic heterocycles.